The Morgan fingerprint density at radius 3 is 2.59 bits per heavy atom. The van der Waals surface area contributed by atoms with Gasteiger partial charge >= 0.3 is 0 Å². The predicted molar refractivity (Wildman–Crippen MR) is 103 cm³/mol. The van der Waals surface area contributed by atoms with Gasteiger partial charge in [0.1, 0.15) is 16.6 Å². The van der Waals surface area contributed by atoms with Crippen LogP contribution in [0.5, 0.6) is 0 Å². The van der Waals surface area contributed by atoms with Gasteiger partial charge in [0.2, 0.25) is 5.13 Å². The zero-order valence-electron chi connectivity index (χ0n) is 13.5. The van der Waals surface area contributed by atoms with E-state index in [1.54, 1.807) is 30.3 Å². The number of amides is 1. The molecule has 1 fully saturated rings. The van der Waals surface area contributed by atoms with Gasteiger partial charge in [-0.2, -0.15) is 4.99 Å². The van der Waals surface area contributed by atoms with Crippen molar-refractivity contribution in [3.8, 4) is 10.6 Å². The first kappa shape index (κ1) is 17.5. The lowest BCUT2D eigenvalue weighted by atomic mass is 10.2. The minimum atomic E-state index is -0.406. The molecule has 1 aliphatic rings. The molecule has 2 aromatic carbocycles. The summed E-state index contributed by atoms with van der Waals surface area (Å²) in [5.41, 5.74) is 1.05. The van der Waals surface area contributed by atoms with Crippen LogP contribution in [0.3, 0.4) is 0 Å². The Morgan fingerprint density at radius 2 is 1.81 bits per heavy atom. The van der Waals surface area contributed by atoms with E-state index in [0.29, 0.717) is 25.8 Å². The summed E-state index contributed by atoms with van der Waals surface area (Å²) in [5.74, 6) is -1.09. The summed E-state index contributed by atoms with van der Waals surface area (Å²) in [4.78, 5) is 16.7. The van der Waals surface area contributed by atoms with Crippen LogP contribution in [0.15, 0.2) is 58.4 Å². The maximum atomic E-state index is 13.7. The van der Waals surface area contributed by atoms with Crippen LogP contribution in [-0.4, -0.2) is 21.3 Å². The fourth-order valence-corrected chi connectivity index (χ4v) is 3.87. The number of amidine groups is 1. The van der Waals surface area contributed by atoms with Crippen LogP contribution in [0.4, 0.5) is 13.9 Å². The van der Waals surface area contributed by atoms with Gasteiger partial charge in [0.05, 0.1) is 4.91 Å². The van der Waals surface area contributed by atoms with Gasteiger partial charge in [0.15, 0.2) is 5.17 Å². The number of aliphatic imine (C=N–C) groups is 1. The molecule has 0 radical (unpaired) electrons. The lowest BCUT2D eigenvalue weighted by Crippen LogP contribution is -2.19. The van der Waals surface area contributed by atoms with Crippen LogP contribution in [0.2, 0.25) is 0 Å². The van der Waals surface area contributed by atoms with Gasteiger partial charge in [-0.05, 0) is 48.2 Å². The first-order chi connectivity index (χ1) is 13.1. The van der Waals surface area contributed by atoms with Gasteiger partial charge in [0, 0.05) is 11.1 Å². The fourth-order valence-electron chi connectivity index (χ4n) is 2.27. The van der Waals surface area contributed by atoms with E-state index < -0.39 is 5.82 Å². The standard InChI is InChI=1S/C18H10F2N4OS2/c19-12-7-5-10(6-8-12)16-23-24-18(27-16)22-17-21-15(25)14(26-17)9-11-3-1-2-4-13(11)20/h1-9H,(H,21,22,24,25)/b14-9-. The van der Waals surface area contributed by atoms with E-state index in [2.05, 4.69) is 20.5 Å². The van der Waals surface area contributed by atoms with E-state index in [1.807, 2.05) is 0 Å². The number of nitrogens with one attached hydrogen (secondary N) is 1. The van der Waals surface area contributed by atoms with Crippen molar-refractivity contribution in [1.29, 1.82) is 0 Å². The summed E-state index contributed by atoms with van der Waals surface area (Å²) in [6.07, 6.45) is 1.47. The Kier molecular flexibility index (Phi) is 4.78. The smallest absolute Gasteiger partial charge is 0.264 e. The Labute approximate surface area is 160 Å². The van der Waals surface area contributed by atoms with Gasteiger partial charge in [-0.3, -0.25) is 4.79 Å². The van der Waals surface area contributed by atoms with Crippen LogP contribution >= 0.6 is 23.1 Å². The minimum absolute atomic E-state index is 0.325. The summed E-state index contributed by atoms with van der Waals surface area (Å²) in [6.45, 7) is 0. The molecule has 0 unspecified atom stereocenters. The number of carbonyl (C=O) groups excluding carboxylic acids is 1. The van der Waals surface area contributed by atoms with Crippen molar-refractivity contribution in [2.75, 3.05) is 0 Å². The lowest BCUT2D eigenvalue weighted by molar-refractivity contribution is -0.115. The molecule has 9 heteroatoms. The van der Waals surface area contributed by atoms with Crippen LogP contribution in [0.1, 0.15) is 5.56 Å². The van der Waals surface area contributed by atoms with Crippen LogP contribution in [0.25, 0.3) is 16.6 Å². The molecule has 0 saturated carbocycles. The molecule has 0 atom stereocenters. The van der Waals surface area contributed by atoms with Crippen LogP contribution in [0, 0.1) is 11.6 Å². The quantitative estimate of drug-likeness (QED) is 0.663. The molecule has 5 nitrogen and oxygen atoms in total. The number of thioether (sulfide) groups is 1. The van der Waals surface area contributed by atoms with Crippen LogP contribution in [-0.2, 0) is 4.79 Å². The van der Waals surface area contributed by atoms with E-state index in [1.165, 1.54) is 35.6 Å². The molecule has 1 N–H and O–H groups in total. The number of benzene rings is 2. The highest BCUT2D eigenvalue weighted by atomic mass is 32.2. The fraction of sp³-hybridized carbons (Fsp3) is 0. The molecule has 3 aromatic rings. The van der Waals surface area contributed by atoms with E-state index in [-0.39, 0.29) is 11.7 Å². The maximum absolute atomic E-state index is 13.7. The number of halogens is 2. The normalized spacial score (nSPS) is 16.9. The Hall–Kier alpha value is -2.91. The number of carbonyl (C=O) groups is 1. The molecular formula is C18H10F2N4OS2. The second-order valence-electron chi connectivity index (χ2n) is 5.40. The third-order valence-electron chi connectivity index (χ3n) is 3.55. The van der Waals surface area contributed by atoms with Crippen molar-refractivity contribution in [2.24, 2.45) is 4.99 Å². The van der Waals surface area contributed by atoms with Crippen molar-refractivity contribution < 1.29 is 13.6 Å². The SMILES string of the molecule is O=C1N/C(=N\c2nnc(-c3ccc(F)cc3)s2)S/C1=C\c1ccccc1F. The zero-order valence-corrected chi connectivity index (χ0v) is 15.2. The average molecular weight is 400 g/mol. The van der Waals surface area contributed by atoms with Gasteiger partial charge in [-0.15, -0.1) is 10.2 Å². The predicted octanol–water partition coefficient (Wildman–Crippen LogP) is 4.37. The maximum Gasteiger partial charge on any atom is 0.264 e. The van der Waals surface area contributed by atoms with Crippen molar-refractivity contribution in [3.05, 3.63) is 70.6 Å². The second kappa shape index (κ2) is 7.37. The molecule has 1 aromatic heterocycles. The van der Waals surface area contributed by atoms with Crippen LogP contribution < -0.4 is 5.32 Å². The minimum Gasteiger partial charge on any atom is -0.300 e. The summed E-state index contributed by atoms with van der Waals surface area (Å²) in [6, 6.07) is 12.1. The Balaban J connectivity index is 1.55. The van der Waals surface area contributed by atoms with Crippen molar-refractivity contribution in [2.45, 2.75) is 0 Å². The molecule has 2 heterocycles. The van der Waals surface area contributed by atoms with Crippen molar-refractivity contribution in [3.63, 3.8) is 0 Å². The van der Waals surface area contributed by atoms with Gasteiger partial charge < -0.3 is 5.32 Å². The summed E-state index contributed by atoms with van der Waals surface area (Å²) in [7, 11) is 0. The Bertz CT molecular complexity index is 1080. The highest BCUT2D eigenvalue weighted by Gasteiger charge is 2.24. The molecule has 0 bridgehead atoms. The summed E-state index contributed by atoms with van der Waals surface area (Å²) < 4.78 is 26.8. The van der Waals surface area contributed by atoms with E-state index in [9.17, 15) is 13.6 Å². The lowest BCUT2D eigenvalue weighted by Gasteiger charge is -1.96. The topological polar surface area (TPSA) is 67.2 Å². The highest BCUT2D eigenvalue weighted by molar-refractivity contribution is 8.18. The molecule has 134 valence electrons. The third-order valence-corrected chi connectivity index (χ3v) is 5.32. The molecule has 0 spiro atoms. The third kappa shape index (κ3) is 3.93. The number of rotatable bonds is 3. The first-order valence-electron chi connectivity index (χ1n) is 7.72. The number of nitrogens with zero attached hydrogens (tertiary/aromatic N) is 3. The molecule has 1 saturated heterocycles. The van der Waals surface area contributed by atoms with E-state index >= 15 is 0 Å². The summed E-state index contributed by atoms with van der Waals surface area (Å²) in [5, 5.41) is 11.9. The zero-order chi connectivity index (χ0) is 18.8. The van der Waals surface area contributed by atoms with Crippen molar-refractivity contribution >= 4 is 45.4 Å². The first-order valence-corrected chi connectivity index (χ1v) is 9.35. The van der Waals surface area contributed by atoms with E-state index in [0.717, 1.165) is 17.3 Å². The largest absolute Gasteiger partial charge is 0.300 e. The number of hydrogen-bond acceptors (Lipinski definition) is 6. The van der Waals surface area contributed by atoms with Crippen molar-refractivity contribution in [1.82, 2.24) is 15.5 Å². The molecule has 4 rings (SSSR count). The van der Waals surface area contributed by atoms with E-state index in [4.69, 9.17) is 0 Å². The number of aromatic nitrogens is 2. The van der Waals surface area contributed by atoms with Gasteiger partial charge in [-0.25, -0.2) is 8.78 Å². The monoisotopic (exact) mass is 400 g/mol. The molecule has 1 amide bonds. The Morgan fingerprint density at radius 1 is 1.04 bits per heavy atom. The molecule has 27 heavy (non-hydrogen) atoms. The average Bonchev–Trinajstić information content (AvgIpc) is 3.25. The summed E-state index contributed by atoms with van der Waals surface area (Å²) >= 11 is 2.31. The molecule has 1 aliphatic heterocycles. The molecule has 0 aliphatic carbocycles. The molecular weight excluding hydrogens is 390 g/mol. The van der Waals surface area contributed by atoms with Gasteiger partial charge in [0.25, 0.3) is 5.91 Å². The highest BCUT2D eigenvalue weighted by Crippen LogP contribution is 2.32. The van der Waals surface area contributed by atoms with Gasteiger partial charge in [-0.1, -0.05) is 29.5 Å². The second-order valence-corrected chi connectivity index (χ2v) is 7.39. The number of hydrogen-bond donors (Lipinski definition) is 1.